The van der Waals surface area contributed by atoms with E-state index in [9.17, 15) is 4.57 Å². The molecule has 0 spiro atoms. The molecule has 0 fully saturated rings. The Morgan fingerprint density at radius 1 is 1.78 bits per heavy atom. The molecule has 56 valence electrons. The maximum absolute atomic E-state index is 10.5. The quantitative estimate of drug-likeness (QED) is 0.464. The fourth-order valence-electron chi connectivity index (χ4n) is 0.466. The second kappa shape index (κ2) is 3.32. The standard InChI is InChI=1S/C4H12NO3P/c1-9(7,8)3-4(6)2-5/h4,6H,2-3,5H2,1H3,(H,7,8)/t4-/m1/s1. The van der Waals surface area contributed by atoms with Gasteiger partial charge in [0.2, 0.25) is 0 Å². The summed E-state index contributed by atoms with van der Waals surface area (Å²) in [5.74, 6) is 0. The van der Waals surface area contributed by atoms with Crippen LogP contribution in [0.2, 0.25) is 0 Å². The van der Waals surface area contributed by atoms with E-state index in [1.807, 2.05) is 0 Å². The molecule has 0 aromatic rings. The Morgan fingerprint density at radius 3 is 2.33 bits per heavy atom. The van der Waals surface area contributed by atoms with Crippen LogP contribution >= 0.6 is 7.37 Å². The van der Waals surface area contributed by atoms with E-state index >= 15 is 0 Å². The van der Waals surface area contributed by atoms with Crippen LogP contribution in [0.15, 0.2) is 0 Å². The normalized spacial score (nSPS) is 20.9. The van der Waals surface area contributed by atoms with Gasteiger partial charge in [-0.3, -0.25) is 4.57 Å². The van der Waals surface area contributed by atoms with Crippen molar-refractivity contribution in [2.45, 2.75) is 6.10 Å². The van der Waals surface area contributed by atoms with Gasteiger partial charge in [-0.2, -0.15) is 0 Å². The summed E-state index contributed by atoms with van der Waals surface area (Å²) in [7, 11) is -3.07. The van der Waals surface area contributed by atoms with Gasteiger partial charge in [-0.25, -0.2) is 0 Å². The monoisotopic (exact) mass is 153 g/mol. The van der Waals surface area contributed by atoms with Crippen molar-refractivity contribution in [3.05, 3.63) is 0 Å². The predicted octanol–water partition coefficient (Wildman–Crippen LogP) is -0.794. The summed E-state index contributed by atoms with van der Waals surface area (Å²) < 4.78 is 10.5. The van der Waals surface area contributed by atoms with Gasteiger partial charge in [0.1, 0.15) is 0 Å². The van der Waals surface area contributed by atoms with E-state index in [0.29, 0.717) is 0 Å². The molecule has 0 aromatic heterocycles. The number of hydrogen-bond acceptors (Lipinski definition) is 3. The molecule has 0 amide bonds. The molecule has 1 unspecified atom stereocenters. The van der Waals surface area contributed by atoms with Gasteiger partial charge in [0.25, 0.3) is 0 Å². The van der Waals surface area contributed by atoms with Crippen LogP contribution < -0.4 is 5.73 Å². The average molecular weight is 153 g/mol. The highest BCUT2D eigenvalue weighted by Gasteiger charge is 2.14. The third-order valence-corrected chi connectivity index (χ3v) is 1.92. The Kier molecular flexibility index (Phi) is 3.36. The summed E-state index contributed by atoms with van der Waals surface area (Å²) in [5.41, 5.74) is 5.00. The largest absolute Gasteiger partial charge is 0.391 e. The zero-order chi connectivity index (χ0) is 7.49. The molecule has 0 aliphatic rings. The lowest BCUT2D eigenvalue weighted by Crippen LogP contribution is -2.23. The van der Waals surface area contributed by atoms with Crippen LogP contribution in [0.5, 0.6) is 0 Å². The van der Waals surface area contributed by atoms with Crippen LogP contribution in [0.3, 0.4) is 0 Å². The molecule has 4 N–H and O–H groups in total. The van der Waals surface area contributed by atoms with Crippen LogP contribution in [-0.2, 0) is 4.57 Å². The molecule has 0 saturated carbocycles. The van der Waals surface area contributed by atoms with Crippen LogP contribution in [0, 0.1) is 0 Å². The van der Waals surface area contributed by atoms with Gasteiger partial charge in [-0.1, -0.05) is 0 Å². The van der Waals surface area contributed by atoms with Gasteiger partial charge in [0, 0.05) is 13.2 Å². The van der Waals surface area contributed by atoms with Crippen LogP contribution in [-0.4, -0.2) is 35.5 Å². The number of nitrogens with two attached hydrogens (primary N) is 1. The first-order chi connectivity index (χ1) is 3.95. The van der Waals surface area contributed by atoms with E-state index < -0.39 is 13.5 Å². The Bertz CT molecular complexity index is 121. The van der Waals surface area contributed by atoms with Gasteiger partial charge in [-0.05, 0) is 0 Å². The summed E-state index contributed by atoms with van der Waals surface area (Å²) in [5, 5.41) is 8.74. The molecule has 0 radical (unpaired) electrons. The molecule has 0 rings (SSSR count). The van der Waals surface area contributed by atoms with E-state index in [2.05, 4.69) is 0 Å². The first-order valence-corrected chi connectivity index (χ1v) is 4.92. The predicted molar refractivity (Wildman–Crippen MR) is 35.7 cm³/mol. The molecule has 0 aliphatic carbocycles. The maximum atomic E-state index is 10.5. The molecule has 0 bridgehead atoms. The number of rotatable bonds is 3. The molecule has 0 saturated heterocycles. The minimum absolute atomic E-state index is 0.0401. The fourth-order valence-corrected chi connectivity index (χ4v) is 1.40. The minimum Gasteiger partial charge on any atom is -0.391 e. The number of hydrogen-bond donors (Lipinski definition) is 3. The highest BCUT2D eigenvalue weighted by atomic mass is 31.2. The molecule has 2 atom stereocenters. The second-order valence-corrected chi connectivity index (χ2v) is 4.59. The number of aliphatic hydroxyl groups excluding tert-OH is 1. The molecular formula is C4H12NO3P. The molecule has 0 heterocycles. The van der Waals surface area contributed by atoms with Crippen molar-refractivity contribution in [2.75, 3.05) is 19.4 Å². The third kappa shape index (κ3) is 5.99. The molecule has 0 aliphatic heterocycles. The van der Waals surface area contributed by atoms with Crippen molar-refractivity contribution in [2.24, 2.45) is 5.73 Å². The zero-order valence-corrected chi connectivity index (χ0v) is 6.21. The van der Waals surface area contributed by atoms with E-state index in [0.717, 1.165) is 0 Å². The Morgan fingerprint density at radius 2 is 2.22 bits per heavy atom. The first kappa shape index (κ1) is 9.11. The van der Waals surface area contributed by atoms with Crippen molar-refractivity contribution in [3.8, 4) is 0 Å². The van der Waals surface area contributed by atoms with Gasteiger partial charge >= 0.3 is 0 Å². The van der Waals surface area contributed by atoms with Crippen LogP contribution in [0.25, 0.3) is 0 Å². The fraction of sp³-hybridized carbons (Fsp3) is 1.00. The lowest BCUT2D eigenvalue weighted by Gasteiger charge is -2.08. The van der Waals surface area contributed by atoms with Crippen molar-refractivity contribution in [1.82, 2.24) is 0 Å². The molecular weight excluding hydrogens is 141 g/mol. The maximum Gasteiger partial charge on any atom is 0.200 e. The summed E-state index contributed by atoms with van der Waals surface area (Å²) >= 11 is 0. The Hall–Kier alpha value is 0.110. The Balaban J connectivity index is 3.60. The first-order valence-electron chi connectivity index (χ1n) is 2.63. The second-order valence-electron chi connectivity index (χ2n) is 2.12. The van der Waals surface area contributed by atoms with Crippen molar-refractivity contribution >= 4 is 7.37 Å². The summed E-state index contributed by atoms with van der Waals surface area (Å²) in [6, 6.07) is 0. The van der Waals surface area contributed by atoms with E-state index in [1.165, 1.54) is 6.66 Å². The van der Waals surface area contributed by atoms with Gasteiger partial charge in [0.05, 0.1) is 12.3 Å². The molecule has 0 aromatic carbocycles. The summed E-state index contributed by atoms with van der Waals surface area (Å²) in [6.07, 6.45) is -0.949. The SMILES string of the molecule is CP(=O)(O)C[C@H](O)CN. The summed E-state index contributed by atoms with van der Waals surface area (Å²) in [4.78, 5) is 8.66. The van der Waals surface area contributed by atoms with E-state index in [-0.39, 0.29) is 12.7 Å². The smallest absolute Gasteiger partial charge is 0.200 e. The van der Waals surface area contributed by atoms with Gasteiger partial charge in [-0.15, -0.1) is 0 Å². The molecule has 4 nitrogen and oxygen atoms in total. The summed E-state index contributed by atoms with van der Waals surface area (Å²) in [6.45, 7) is 1.24. The zero-order valence-electron chi connectivity index (χ0n) is 5.32. The number of aliphatic hydroxyl groups is 1. The van der Waals surface area contributed by atoms with Crippen LogP contribution in [0.4, 0.5) is 0 Å². The van der Waals surface area contributed by atoms with E-state index in [4.69, 9.17) is 15.7 Å². The topological polar surface area (TPSA) is 83.5 Å². The van der Waals surface area contributed by atoms with Gasteiger partial charge in [0.15, 0.2) is 7.37 Å². The van der Waals surface area contributed by atoms with Crippen molar-refractivity contribution in [3.63, 3.8) is 0 Å². The van der Waals surface area contributed by atoms with Gasteiger partial charge < -0.3 is 15.7 Å². The average Bonchev–Trinajstić information content (AvgIpc) is 1.62. The lowest BCUT2D eigenvalue weighted by atomic mass is 10.4. The van der Waals surface area contributed by atoms with Crippen molar-refractivity contribution in [1.29, 1.82) is 0 Å². The van der Waals surface area contributed by atoms with E-state index in [1.54, 1.807) is 0 Å². The van der Waals surface area contributed by atoms with Crippen LogP contribution in [0.1, 0.15) is 0 Å². The minimum atomic E-state index is -3.07. The Labute approximate surface area is 54.1 Å². The molecule has 9 heavy (non-hydrogen) atoms. The molecule has 5 heteroatoms. The highest BCUT2D eigenvalue weighted by Crippen LogP contribution is 2.35. The van der Waals surface area contributed by atoms with Crippen molar-refractivity contribution < 1.29 is 14.6 Å². The lowest BCUT2D eigenvalue weighted by molar-refractivity contribution is 0.202. The highest BCUT2D eigenvalue weighted by molar-refractivity contribution is 7.57. The third-order valence-electron chi connectivity index (χ3n) is 0.822.